The third-order valence-electron chi connectivity index (χ3n) is 2.90. The summed E-state index contributed by atoms with van der Waals surface area (Å²) < 4.78 is 13.8. The van der Waals surface area contributed by atoms with Gasteiger partial charge in [0.05, 0.1) is 5.56 Å². The lowest BCUT2D eigenvalue weighted by Gasteiger charge is -2.31. The van der Waals surface area contributed by atoms with E-state index in [0.717, 1.165) is 6.42 Å². The SMILES string of the molecule is CC(C)CC(C)(CN)NC(=O)c1cc(F)ccc1Br. The maximum absolute atomic E-state index is 13.2. The Bertz CT molecular complexity index is 465. The van der Waals surface area contributed by atoms with Gasteiger partial charge in [-0.15, -0.1) is 0 Å². The molecule has 0 bridgehead atoms. The van der Waals surface area contributed by atoms with Crippen LogP contribution in [0.1, 0.15) is 37.6 Å². The van der Waals surface area contributed by atoms with E-state index in [-0.39, 0.29) is 11.5 Å². The Morgan fingerprint density at radius 2 is 2.16 bits per heavy atom. The molecule has 1 rings (SSSR count). The van der Waals surface area contributed by atoms with E-state index in [1.807, 2.05) is 6.92 Å². The van der Waals surface area contributed by atoms with E-state index in [1.165, 1.54) is 18.2 Å². The van der Waals surface area contributed by atoms with Crippen molar-refractivity contribution in [3.8, 4) is 0 Å². The van der Waals surface area contributed by atoms with Gasteiger partial charge in [0.25, 0.3) is 5.91 Å². The van der Waals surface area contributed by atoms with Crippen molar-refractivity contribution in [2.75, 3.05) is 6.54 Å². The van der Waals surface area contributed by atoms with Crippen LogP contribution in [0, 0.1) is 11.7 Å². The van der Waals surface area contributed by atoms with Gasteiger partial charge in [-0.05, 0) is 53.4 Å². The van der Waals surface area contributed by atoms with Crippen molar-refractivity contribution in [1.82, 2.24) is 5.32 Å². The van der Waals surface area contributed by atoms with Crippen LogP contribution in [0.3, 0.4) is 0 Å². The summed E-state index contributed by atoms with van der Waals surface area (Å²) in [6.45, 7) is 6.37. The lowest BCUT2D eigenvalue weighted by molar-refractivity contribution is 0.0897. The lowest BCUT2D eigenvalue weighted by atomic mass is 9.90. The normalized spacial score (nSPS) is 14.3. The number of benzene rings is 1. The molecule has 0 aromatic heterocycles. The molecule has 1 aromatic rings. The quantitative estimate of drug-likeness (QED) is 0.871. The molecule has 3 nitrogen and oxygen atoms in total. The standard InChI is InChI=1S/C14H20BrFN2O/c1-9(2)7-14(3,8-17)18-13(19)11-6-10(16)4-5-12(11)15/h4-6,9H,7-8,17H2,1-3H3,(H,18,19). The number of hydrogen-bond donors (Lipinski definition) is 2. The molecule has 1 amide bonds. The van der Waals surface area contributed by atoms with Gasteiger partial charge in [-0.3, -0.25) is 4.79 Å². The molecule has 0 saturated heterocycles. The van der Waals surface area contributed by atoms with Gasteiger partial charge in [0.15, 0.2) is 0 Å². The summed E-state index contributed by atoms with van der Waals surface area (Å²) in [6.07, 6.45) is 0.766. The van der Waals surface area contributed by atoms with E-state index in [4.69, 9.17) is 5.73 Å². The molecule has 0 spiro atoms. The van der Waals surface area contributed by atoms with Crippen molar-refractivity contribution in [2.45, 2.75) is 32.7 Å². The average molecular weight is 331 g/mol. The van der Waals surface area contributed by atoms with E-state index in [0.29, 0.717) is 16.9 Å². The molecule has 3 N–H and O–H groups in total. The summed E-state index contributed by atoms with van der Waals surface area (Å²) >= 11 is 3.25. The summed E-state index contributed by atoms with van der Waals surface area (Å²) in [6, 6.07) is 4.04. The number of nitrogens with one attached hydrogen (secondary N) is 1. The maximum atomic E-state index is 13.2. The number of carbonyl (C=O) groups is 1. The van der Waals surface area contributed by atoms with Crippen molar-refractivity contribution in [2.24, 2.45) is 11.7 Å². The van der Waals surface area contributed by atoms with E-state index in [2.05, 4.69) is 35.1 Å². The summed E-state index contributed by atoms with van der Waals surface area (Å²) in [5.41, 5.74) is 5.54. The number of amides is 1. The van der Waals surface area contributed by atoms with Gasteiger partial charge in [0.1, 0.15) is 5.82 Å². The van der Waals surface area contributed by atoms with Gasteiger partial charge in [-0.2, -0.15) is 0 Å². The van der Waals surface area contributed by atoms with Crippen LogP contribution in [0.2, 0.25) is 0 Å². The Morgan fingerprint density at radius 3 is 2.68 bits per heavy atom. The molecule has 0 saturated carbocycles. The van der Waals surface area contributed by atoms with Crippen LogP contribution in [0.5, 0.6) is 0 Å². The monoisotopic (exact) mass is 330 g/mol. The fourth-order valence-electron chi connectivity index (χ4n) is 2.10. The maximum Gasteiger partial charge on any atom is 0.252 e. The fraction of sp³-hybridized carbons (Fsp3) is 0.500. The summed E-state index contributed by atoms with van der Waals surface area (Å²) in [5.74, 6) is -0.351. The van der Waals surface area contributed by atoms with Gasteiger partial charge in [-0.25, -0.2) is 4.39 Å². The summed E-state index contributed by atoms with van der Waals surface area (Å²) in [5, 5.41) is 2.90. The highest BCUT2D eigenvalue weighted by Crippen LogP contribution is 2.20. The molecule has 106 valence electrons. The van der Waals surface area contributed by atoms with E-state index < -0.39 is 11.4 Å². The minimum Gasteiger partial charge on any atom is -0.346 e. The molecule has 1 aromatic carbocycles. The van der Waals surface area contributed by atoms with Crippen LogP contribution in [0.15, 0.2) is 22.7 Å². The Labute approximate surface area is 121 Å². The molecular formula is C14H20BrFN2O. The summed E-state index contributed by atoms with van der Waals surface area (Å²) in [4.78, 5) is 12.2. The minimum atomic E-state index is -0.489. The Kier molecular flexibility index (Phi) is 5.50. The smallest absolute Gasteiger partial charge is 0.252 e. The van der Waals surface area contributed by atoms with Crippen molar-refractivity contribution in [3.05, 3.63) is 34.1 Å². The molecule has 1 atom stereocenters. The molecule has 0 aliphatic rings. The van der Waals surface area contributed by atoms with Crippen molar-refractivity contribution in [1.29, 1.82) is 0 Å². The van der Waals surface area contributed by atoms with Crippen LogP contribution < -0.4 is 11.1 Å². The highest BCUT2D eigenvalue weighted by Gasteiger charge is 2.27. The van der Waals surface area contributed by atoms with Gasteiger partial charge in [-0.1, -0.05) is 13.8 Å². The third-order valence-corrected chi connectivity index (χ3v) is 3.59. The number of hydrogen-bond acceptors (Lipinski definition) is 2. The van der Waals surface area contributed by atoms with Crippen molar-refractivity contribution < 1.29 is 9.18 Å². The van der Waals surface area contributed by atoms with Crippen molar-refractivity contribution in [3.63, 3.8) is 0 Å². The molecule has 0 fully saturated rings. The molecule has 5 heteroatoms. The third kappa shape index (κ3) is 4.58. The zero-order valence-corrected chi connectivity index (χ0v) is 13.1. The van der Waals surface area contributed by atoms with E-state index in [1.54, 1.807) is 0 Å². The second-order valence-corrected chi connectivity index (χ2v) is 6.30. The van der Waals surface area contributed by atoms with Gasteiger partial charge < -0.3 is 11.1 Å². The zero-order valence-electron chi connectivity index (χ0n) is 11.5. The predicted octanol–water partition coefficient (Wildman–Crippen LogP) is 3.08. The first-order valence-corrected chi connectivity index (χ1v) is 7.04. The highest BCUT2D eigenvalue weighted by atomic mass is 79.9. The van der Waals surface area contributed by atoms with Crippen LogP contribution in [0.4, 0.5) is 4.39 Å². The number of nitrogens with two attached hydrogens (primary N) is 1. The Hall–Kier alpha value is -0.940. The molecule has 0 radical (unpaired) electrons. The first-order valence-electron chi connectivity index (χ1n) is 6.25. The van der Waals surface area contributed by atoms with E-state index >= 15 is 0 Å². The highest BCUT2D eigenvalue weighted by molar-refractivity contribution is 9.10. The fourth-order valence-corrected chi connectivity index (χ4v) is 2.53. The second kappa shape index (κ2) is 6.48. The van der Waals surface area contributed by atoms with Crippen LogP contribution in [0.25, 0.3) is 0 Å². The second-order valence-electron chi connectivity index (χ2n) is 5.44. The first kappa shape index (κ1) is 16.1. The van der Waals surface area contributed by atoms with Gasteiger partial charge in [0, 0.05) is 16.6 Å². The van der Waals surface area contributed by atoms with Crippen LogP contribution in [-0.4, -0.2) is 18.0 Å². The topological polar surface area (TPSA) is 55.1 Å². The number of rotatable bonds is 5. The largest absolute Gasteiger partial charge is 0.346 e. The van der Waals surface area contributed by atoms with Crippen molar-refractivity contribution >= 4 is 21.8 Å². The van der Waals surface area contributed by atoms with Crippen LogP contribution in [-0.2, 0) is 0 Å². The molecule has 0 heterocycles. The minimum absolute atomic E-state index is 0.281. The lowest BCUT2D eigenvalue weighted by Crippen LogP contribution is -2.52. The molecule has 19 heavy (non-hydrogen) atoms. The first-order chi connectivity index (χ1) is 8.77. The molecule has 0 aliphatic carbocycles. The zero-order chi connectivity index (χ0) is 14.6. The Morgan fingerprint density at radius 1 is 1.53 bits per heavy atom. The van der Waals surface area contributed by atoms with E-state index in [9.17, 15) is 9.18 Å². The van der Waals surface area contributed by atoms with Gasteiger partial charge >= 0.3 is 0 Å². The predicted molar refractivity (Wildman–Crippen MR) is 78.5 cm³/mol. The number of carbonyl (C=O) groups excluding carboxylic acids is 1. The average Bonchev–Trinajstić information content (AvgIpc) is 2.31. The summed E-state index contributed by atoms with van der Waals surface area (Å²) in [7, 11) is 0. The molecular weight excluding hydrogens is 311 g/mol. The van der Waals surface area contributed by atoms with Crippen LogP contribution >= 0.6 is 15.9 Å². The molecule has 0 aliphatic heterocycles. The molecule has 1 unspecified atom stereocenters. The van der Waals surface area contributed by atoms with Gasteiger partial charge in [0.2, 0.25) is 0 Å². The Balaban J connectivity index is 2.91. The number of halogens is 2.